The zero-order valence-corrected chi connectivity index (χ0v) is 40.3. The molecule has 3 saturated heterocycles. The smallest absolute Gasteiger partial charge is 0.407 e. The second-order valence-electron chi connectivity index (χ2n) is 20.4. The van der Waals surface area contributed by atoms with Crippen molar-refractivity contribution < 1.29 is 33.0 Å². The minimum Gasteiger partial charge on any atom is -0.453 e. The van der Waals surface area contributed by atoms with Gasteiger partial charge in [0.1, 0.15) is 29.5 Å². The third-order valence-electron chi connectivity index (χ3n) is 13.7. The Kier molecular flexibility index (Phi) is 13.7. The number of carbonyl (C=O) groups is 4. The number of aromatic amines is 2. The van der Waals surface area contributed by atoms with Crippen molar-refractivity contribution in [2.75, 3.05) is 32.2 Å². The lowest BCUT2D eigenvalue weighted by Crippen LogP contribution is -2.54. The summed E-state index contributed by atoms with van der Waals surface area (Å²) >= 11 is 0. The fraction of sp³-hybridized carbons (Fsp3) is 0.462. The number of imidazole rings is 2. The Hall–Kier alpha value is -6.71. The van der Waals surface area contributed by atoms with Crippen molar-refractivity contribution in [2.24, 2.45) is 10.8 Å². The largest absolute Gasteiger partial charge is 0.453 e. The molecule has 68 heavy (non-hydrogen) atoms. The first-order chi connectivity index (χ1) is 32.4. The summed E-state index contributed by atoms with van der Waals surface area (Å²) in [6.45, 7) is 12.6. The van der Waals surface area contributed by atoms with Crippen LogP contribution in [0, 0.1) is 16.6 Å². The second kappa shape index (κ2) is 19.5. The predicted molar refractivity (Wildman–Crippen MR) is 257 cm³/mol. The van der Waals surface area contributed by atoms with Crippen molar-refractivity contribution in [1.29, 1.82) is 0 Å². The summed E-state index contributed by atoms with van der Waals surface area (Å²) in [4.78, 5) is 74.7. The maximum Gasteiger partial charge on any atom is 0.407 e. The van der Waals surface area contributed by atoms with Gasteiger partial charge in [-0.3, -0.25) is 9.59 Å². The molecule has 0 bridgehead atoms. The monoisotopic (exact) mass is 929 g/mol. The van der Waals surface area contributed by atoms with Crippen molar-refractivity contribution in [3.63, 3.8) is 0 Å². The number of benzene rings is 3. The van der Waals surface area contributed by atoms with Gasteiger partial charge in [-0.1, -0.05) is 90.1 Å². The van der Waals surface area contributed by atoms with Crippen molar-refractivity contribution in [3.8, 4) is 22.5 Å². The van der Waals surface area contributed by atoms with E-state index in [9.17, 15) is 23.6 Å². The van der Waals surface area contributed by atoms with Crippen LogP contribution < -0.4 is 15.5 Å². The van der Waals surface area contributed by atoms with E-state index in [-0.39, 0.29) is 41.8 Å². The topological polar surface area (TPSA) is 178 Å². The Balaban J connectivity index is 0.979. The van der Waals surface area contributed by atoms with Crippen molar-refractivity contribution in [2.45, 2.75) is 116 Å². The number of likely N-dealkylation sites (tertiary alicyclic amines) is 2. The predicted octanol–water partition coefficient (Wildman–Crippen LogP) is 9.56. The lowest BCUT2D eigenvalue weighted by atomic mass is 9.85. The van der Waals surface area contributed by atoms with Gasteiger partial charge in [-0.15, -0.1) is 0 Å². The molecule has 360 valence electrons. The summed E-state index contributed by atoms with van der Waals surface area (Å²) in [7, 11) is 2.58. The summed E-state index contributed by atoms with van der Waals surface area (Å²) < 4.78 is 24.0. The van der Waals surface area contributed by atoms with Gasteiger partial charge in [0.15, 0.2) is 0 Å². The molecule has 0 radical (unpaired) electrons. The average Bonchev–Trinajstić information content (AvgIpc) is 4.18. The number of aromatic nitrogens is 4. The number of hydrogen-bond donors (Lipinski definition) is 4. The van der Waals surface area contributed by atoms with Crippen molar-refractivity contribution in [3.05, 3.63) is 114 Å². The van der Waals surface area contributed by atoms with Gasteiger partial charge in [0.2, 0.25) is 11.8 Å². The molecule has 6 unspecified atom stereocenters. The number of ether oxygens (including phenoxy) is 2. The molecule has 6 atom stereocenters. The van der Waals surface area contributed by atoms with E-state index < -0.39 is 35.1 Å². The summed E-state index contributed by atoms with van der Waals surface area (Å²) in [5.41, 5.74) is 5.73. The van der Waals surface area contributed by atoms with E-state index in [0.29, 0.717) is 24.7 Å². The molecule has 16 heteroatoms. The summed E-state index contributed by atoms with van der Waals surface area (Å²) in [5, 5.41) is 5.49. The van der Waals surface area contributed by atoms with E-state index in [1.807, 2.05) is 75.9 Å². The number of rotatable bonds is 11. The Bertz CT molecular complexity index is 2420. The second-order valence-corrected chi connectivity index (χ2v) is 20.4. The molecule has 3 aromatic carbocycles. The number of nitrogens with zero attached hydrogens (tertiary/aromatic N) is 5. The third-order valence-corrected chi connectivity index (χ3v) is 13.7. The Morgan fingerprint density at radius 2 is 1.00 bits per heavy atom. The fourth-order valence-corrected chi connectivity index (χ4v) is 10.1. The Labute approximate surface area is 397 Å². The molecule has 0 spiro atoms. The molecule has 3 fully saturated rings. The van der Waals surface area contributed by atoms with Gasteiger partial charge in [0.25, 0.3) is 0 Å². The molecule has 8 rings (SSSR count). The minimum atomic E-state index is -0.764. The van der Waals surface area contributed by atoms with E-state index in [1.165, 1.54) is 26.4 Å². The van der Waals surface area contributed by atoms with Gasteiger partial charge in [-0.05, 0) is 95.9 Å². The van der Waals surface area contributed by atoms with Crippen molar-refractivity contribution in [1.82, 2.24) is 40.4 Å². The number of amides is 4. The number of anilines is 1. The van der Waals surface area contributed by atoms with Gasteiger partial charge < -0.3 is 44.8 Å². The van der Waals surface area contributed by atoms with Crippen LogP contribution in [0.15, 0.2) is 85.2 Å². The highest BCUT2D eigenvalue weighted by Crippen LogP contribution is 2.47. The first-order valence-electron chi connectivity index (χ1n) is 23.6. The first kappa shape index (κ1) is 47.8. The van der Waals surface area contributed by atoms with Gasteiger partial charge in [-0.2, -0.15) is 0 Å². The SMILES string of the molecule is COC(=O)NC(C(=O)N1CCCC1c1ncc(-c2ccc(C3CCC(c4ccc(-c5cnc(C6CCCN6C(=O)C(NC(=O)OC)C(C)(C)C)[nH]5)cc4)N3c3ccc(F)cc3)cc2)[nH]1)C(C)(C)C. The number of hydrogen-bond acceptors (Lipinski definition) is 9. The molecule has 0 saturated carbocycles. The molecule has 15 nitrogen and oxygen atoms in total. The molecule has 3 aliphatic heterocycles. The van der Waals surface area contributed by atoms with Crippen LogP contribution in [0.1, 0.15) is 127 Å². The fourth-order valence-electron chi connectivity index (χ4n) is 10.1. The van der Waals surface area contributed by atoms with Crippen LogP contribution in [0.5, 0.6) is 0 Å². The maximum absolute atomic E-state index is 14.3. The molecular formula is C52H64FN9O6. The zero-order chi connectivity index (χ0) is 48.5. The van der Waals surface area contributed by atoms with Crippen LogP contribution in [-0.4, -0.2) is 93.1 Å². The summed E-state index contributed by atoms with van der Waals surface area (Å²) in [5.74, 6) is 0.784. The lowest BCUT2D eigenvalue weighted by Gasteiger charge is -2.35. The molecule has 2 aromatic heterocycles. The van der Waals surface area contributed by atoms with E-state index >= 15 is 0 Å². The quantitative estimate of drug-likeness (QED) is 0.100. The average molecular weight is 930 g/mol. The highest BCUT2D eigenvalue weighted by atomic mass is 19.1. The van der Waals surface area contributed by atoms with Crippen LogP contribution in [0.4, 0.5) is 19.7 Å². The van der Waals surface area contributed by atoms with Gasteiger partial charge >= 0.3 is 12.2 Å². The highest BCUT2D eigenvalue weighted by molar-refractivity contribution is 5.88. The van der Waals surface area contributed by atoms with Crippen molar-refractivity contribution >= 4 is 29.7 Å². The number of methoxy groups -OCH3 is 2. The van der Waals surface area contributed by atoms with Crippen LogP contribution >= 0.6 is 0 Å². The van der Waals surface area contributed by atoms with Gasteiger partial charge in [-0.25, -0.2) is 23.9 Å². The van der Waals surface area contributed by atoms with Crippen LogP contribution in [0.3, 0.4) is 0 Å². The molecule has 0 aliphatic carbocycles. The van der Waals surface area contributed by atoms with E-state index in [1.54, 1.807) is 0 Å². The van der Waals surface area contributed by atoms with E-state index in [4.69, 9.17) is 19.4 Å². The number of halogens is 1. The van der Waals surface area contributed by atoms with Gasteiger partial charge in [0, 0.05) is 18.8 Å². The zero-order valence-electron chi connectivity index (χ0n) is 40.3. The summed E-state index contributed by atoms with van der Waals surface area (Å²) in [6, 6.07) is 21.7. The molecule has 5 heterocycles. The molecule has 4 amide bonds. The molecule has 4 N–H and O–H groups in total. The van der Waals surface area contributed by atoms with Gasteiger partial charge in [0.05, 0.1) is 62.2 Å². The molecule has 3 aliphatic rings. The van der Waals surface area contributed by atoms with Crippen LogP contribution in [-0.2, 0) is 19.1 Å². The minimum absolute atomic E-state index is 0.0249. The number of nitrogens with one attached hydrogen (secondary N) is 4. The first-order valence-corrected chi connectivity index (χ1v) is 23.6. The number of carbonyl (C=O) groups excluding carboxylic acids is 4. The maximum atomic E-state index is 14.3. The Morgan fingerprint density at radius 1 is 0.603 bits per heavy atom. The number of alkyl carbamates (subject to hydrolysis) is 2. The standard InChI is InChI=1S/C52H64FN9O6/c1-51(2,3)43(58-49(65)67-7)47(63)60-27-9-11-41(60)45-54-29-37(56-45)31-13-17-33(18-14-31)39-25-26-40(62(39)36-23-21-35(53)22-24-36)34-19-15-32(16-20-34)38-30-55-46(57-38)42-12-10-28-61(42)48(64)44(52(4,5)6)59-50(66)68-8/h13-24,29-30,39-44H,9-12,25-28H2,1-8H3,(H,54,56)(H,55,57)(H,58,65)(H,59,66). The highest BCUT2D eigenvalue weighted by Gasteiger charge is 2.43. The van der Waals surface area contributed by atoms with E-state index in [0.717, 1.165) is 77.9 Å². The number of H-pyrrole nitrogens is 2. The molecule has 5 aromatic rings. The molecular weight excluding hydrogens is 866 g/mol. The summed E-state index contributed by atoms with van der Waals surface area (Å²) in [6.07, 6.45) is 7.25. The normalized spacial score (nSPS) is 20.6. The van der Waals surface area contributed by atoms with Crippen LogP contribution in [0.2, 0.25) is 0 Å². The Morgan fingerprint density at radius 3 is 1.37 bits per heavy atom. The lowest BCUT2D eigenvalue weighted by molar-refractivity contribution is -0.137. The third kappa shape index (κ3) is 9.95. The van der Waals surface area contributed by atoms with E-state index in [2.05, 4.69) is 74.0 Å². The van der Waals surface area contributed by atoms with Crippen LogP contribution in [0.25, 0.3) is 22.5 Å².